The standard InChI is InChI=1S/C13H15N5O/c1-7-4-10(14)6-15-12(7)16-13(19)11-5-8(2)17-18-9(11)3/h4-6H,14H2,1-3H3,(H,15,16,19). The van der Waals surface area contributed by atoms with Gasteiger partial charge in [-0.25, -0.2) is 4.98 Å². The molecule has 2 heterocycles. The van der Waals surface area contributed by atoms with Gasteiger partial charge < -0.3 is 11.1 Å². The molecule has 0 spiro atoms. The molecule has 19 heavy (non-hydrogen) atoms. The summed E-state index contributed by atoms with van der Waals surface area (Å²) in [4.78, 5) is 16.3. The highest BCUT2D eigenvalue weighted by molar-refractivity contribution is 6.04. The van der Waals surface area contributed by atoms with Gasteiger partial charge in [0.05, 0.1) is 28.8 Å². The van der Waals surface area contributed by atoms with Gasteiger partial charge in [-0.05, 0) is 38.5 Å². The van der Waals surface area contributed by atoms with Crippen molar-refractivity contribution in [2.24, 2.45) is 0 Å². The van der Waals surface area contributed by atoms with Crippen LogP contribution in [-0.2, 0) is 0 Å². The van der Waals surface area contributed by atoms with Crippen molar-refractivity contribution in [3.05, 3.63) is 40.8 Å². The highest BCUT2D eigenvalue weighted by Crippen LogP contribution is 2.15. The molecule has 0 aliphatic heterocycles. The van der Waals surface area contributed by atoms with Crippen LogP contribution in [0.3, 0.4) is 0 Å². The maximum atomic E-state index is 12.2. The van der Waals surface area contributed by atoms with Crippen LogP contribution in [0.2, 0.25) is 0 Å². The third-order valence-corrected chi connectivity index (χ3v) is 2.68. The molecule has 0 aliphatic rings. The van der Waals surface area contributed by atoms with Gasteiger partial charge in [-0.15, -0.1) is 0 Å². The topological polar surface area (TPSA) is 93.8 Å². The number of amides is 1. The molecule has 0 saturated heterocycles. The lowest BCUT2D eigenvalue weighted by atomic mass is 10.2. The number of nitrogen functional groups attached to an aromatic ring is 1. The summed E-state index contributed by atoms with van der Waals surface area (Å²) >= 11 is 0. The number of nitrogens with two attached hydrogens (primary N) is 1. The fraction of sp³-hybridized carbons (Fsp3) is 0.231. The molecule has 6 heteroatoms. The van der Waals surface area contributed by atoms with Crippen molar-refractivity contribution in [2.45, 2.75) is 20.8 Å². The van der Waals surface area contributed by atoms with Crippen LogP contribution in [-0.4, -0.2) is 21.1 Å². The van der Waals surface area contributed by atoms with Crippen molar-refractivity contribution in [3.8, 4) is 0 Å². The molecule has 0 unspecified atom stereocenters. The number of hydrogen-bond donors (Lipinski definition) is 2. The van der Waals surface area contributed by atoms with Crippen molar-refractivity contribution in [3.63, 3.8) is 0 Å². The quantitative estimate of drug-likeness (QED) is 0.852. The van der Waals surface area contributed by atoms with Crippen molar-refractivity contribution in [2.75, 3.05) is 11.1 Å². The van der Waals surface area contributed by atoms with E-state index >= 15 is 0 Å². The van der Waals surface area contributed by atoms with Crippen LogP contribution < -0.4 is 11.1 Å². The van der Waals surface area contributed by atoms with E-state index in [2.05, 4.69) is 20.5 Å². The Hall–Kier alpha value is -2.50. The van der Waals surface area contributed by atoms with Gasteiger partial charge in [0.2, 0.25) is 0 Å². The molecule has 0 radical (unpaired) electrons. The molecule has 1 amide bonds. The Labute approximate surface area is 111 Å². The number of carbonyl (C=O) groups is 1. The summed E-state index contributed by atoms with van der Waals surface area (Å²) in [5, 5.41) is 10.6. The van der Waals surface area contributed by atoms with Gasteiger partial charge in [0, 0.05) is 0 Å². The molecule has 2 aromatic rings. The lowest BCUT2D eigenvalue weighted by Gasteiger charge is -2.09. The summed E-state index contributed by atoms with van der Waals surface area (Å²) in [5.74, 6) is 0.240. The number of nitrogens with zero attached hydrogens (tertiary/aromatic N) is 3. The number of nitrogens with one attached hydrogen (secondary N) is 1. The molecular formula is C13H15N5O. The molecule has 0 aliphatic carbocycles. The summed E-state index contributed by atoms with van der Waals surface area (Å²) in [5.41, 5.74) is 8.76. The van der Waals surface area contributed by atoms with Crippen molar-refractivity contribution in [1.29, 1.82) is 0 Å². The second-order valence-corrected chi connectivity index (χ2v) is 4.37. The van der Waals surface area contributed by atoms with Crippen LogP contribution in [0.5, 0.6) is 0 Å². The largest absolute Gasteiger partial charge is 0.397 e. The van der Waals surface area contributed by atoms with Crippen LogP contribution in [0, 0.1) is 20.8 Å². The Balaban J connectivity index is 2.28. The molecule has 0 fully saturated rings. The monoisotopic (exact) mass is 257 g/mol. The van der Waals surface area contributed by atoms with Gasteiger partial charge in [-0.2, -0.15) is 10.2 Å². The third-order valence-electron chi connectivity index (χ3n) is 2.68. The van der Waals surface area contributed by atoms with Crippen molar-refractivity contribution >= 4 is 17.4 Å². The Morgan fingerprint density at radius 1 is 1.21 bits per heavy atom. The predicted molar refractivity (Wildman–Crippen MR) is 72.8 cm³/mol. The van der Waals surface area contributed by atoms with E-state index < -0.39 is 0 Å². The lowest BCUT2D eigenvalue weighted by Crippen LogP contribution is -2.16. The molecule has 2 rings (SSSR count). The van der Waals surface area contributed by atoms with Gasteiger partial charge >= 0.3 is 0 Å². The Morgan fingerprint density at radius 2 is 1.95 bits per heavy atom. The van der Waals surface area contributed by atoms with E-state index in [-0.39, 0.29) is 5.91 Å². The number of aromatic nitrogens is 3. The zero-order chi connectivity index (χ0) is 14.0. The molecule has 98 valence electrons. The Morgan fingerprint density at radius 3 is 2.63 bits per heavy atom. The summed E-state index contributed by atoms with van der Waals surface area (Å²) in [6, 6.07) is 3.45. The molecule has 6 nitrogen and oxygen atoms in total. The van der Waals surface area contributed by atoms with Gasteiger partial charge in [0.15, 0.2) is 0 Å². The maximum Gasteiger partial charge on any atom is 0.258 e. The number of anilines is 2. The first-order valence-electron chi connectivity index (χ1n) is 5.82. The number of aryl methyl sites for hydroxylation is 3. The van der Waals surface area contributed by atoms with Crippen LogP contribution in [0.15, 0.2) is 18.3 Å². The maximum absolute atomic E-state index is 12.2. The number of hydrogen-bond acceptors (Lipinski definition) is 5. The van der Waals surface area contributed by atoms with Crippen LogP contribution in [0.25, 0.3) is 0 Å². The predicted octanol–water partition coefficient (Wildman–Crippen LogP) is 1.63. The van der Waals surface area contributed by atoms with E-state index in [1.807, 2.05) is 6.92 Å². The van der Waals surface area contributed by atoms with E-state index in [0.29, 0.717) is 28.5 Å². The van der Waals surface area contributed by atoms with E-state index in [4.69, 9.17) is 5.73 Å². The highest BCUT2D eigenvalue weighted by Gasteiger charge is 2.13. The number of carbonyl (C=O) groups excluding carboxylic acids is 1. The highest BCUT2D eigenvalue weighted by atomic mass is 16.1. The summed E-state index contributed by atoms with van der Waals surface area (Å²) in [7, 11) is 0. The first-order chi connectivity index (χ1) is 8.97. The average Bonchev–Trinajstić information content (AvgIpc) is 2.35. The number of rotatable bonds is 2. The Bertz CT molecular complexity index is 639. The zero-order valence-electron chi connectivity index (χ0n) is 11.1. The normalized spacial score (nSPS) is 10.3. The van der Waals surface area contributed by atoms with Gasteiger partial charge in [-0.3, -0.25) is 4.79 Å². The minimum Gasteiger partial charge on any atom is -0.397 e. The minimum absolute atomic E-state index is 0.254. The fourth-order valence-corrected chi connectivity index (χ4v) is 1.68. The summed E-state index contributed by atoms with van der Waals surface area (Å²) in [6.07, 6.45) is 1.51. The van der Waals surface area contributed by atoms with E-state index in [1.54, 1.807) is 26.0 Å². The molecule has 3 N–H and O–H groups in total. The van der Waals surface area contributed by atoms with Crippen molar-refractivity contribution < 1.29 is 4.79 Å². The van der Waals surface area contributed by atoms with Crippen LogP contribution in [0.1, 0.15) is 27.3 Å². The second-order valence-electron chi connectivity index (χ2n) is 4.37. The van der Waals surface area contributed by atoms with E-state index in [0.717, 1.165) is 5.56 Å². The molecule has 0 bridgehead atoms. The zero-order valence-corrected chi connectivity index (χ0v) is 11.1. The van der Waals surface area contributed by atoms with E-state index in [9.17, 15) is 4.79 Å². The molecule has 2 aromatic heterocycles. The third kappa shape index (κ3) is 2.85. The molecule has 0 atom stereocenters. The molecule has 0 saturated carbocycles. The van der Waals surface area contributed by atoms with Crippen LogP contribution in [0.4, 0.5) is 11.5 Å². The first-order valence-corrected chi connectivity index (χ1v) is 5.82. The number of pyridine rings is 1. The summed E-state index contributed by atoms with van der Waals surface area (Å²) < 4.78 is 0. The fourth-order valence-electron chi connectivity index (χ4n) is 1.68. The van der Waals surface area contributed by atoms with Crippen molar-refractivity contribution in [1.82, 2.24) is 15.2 Å². The first kappa shape index (κ1) is 12.9. The van der Waals surface area contributed by atoms with Crippen LogP contribution >= 0.6 is 0 Å². The van der Waals surface area contributed by atoms with Gasteiger partial charge in [-0.1, -0.05) is 0 Å². The smallest absolute Gasteiger partial charge is 0.258 e. The summed E-state index contributed by atoms with van der Waals surface area (Å²) in [6.45, 7) is 5.36. The van der Waals surface area contributed by atoms with Gasteiger partial charge in [0.1, 0.15) is 5.82 Å². The van der Waals surface area contributed by atoms with E-state index in [1.165, 1.54) is 6.20 Å². The lowest BCUT2D eigenvalue weighted by molar-refractivity contribution is 0.102. The average molecular weight is 257 g/mol. The van der Waals surface area contributed by atoms with Gasteiger partial charge in [0.25, 0.3) is 5.91 Å². The second kappa shape index (κ2) is 5.01. The minimum atomic E-state index is -0.254. The molecular weight excluding hydrogens is 242 g/mol. The SMILES string of the molecule is Cc1cc(C(=O)Nc2ncc(N)cc2C)c(C)nn1. The molecule has 0 aromatic carbocycles. The Kier molecular flexibility index (Phi) is 3.41.